The van der Waals surface area contributed by atoms with Gasteiger partial charge in [0.05, 0.1) is 14.2 Å². The molecule has 4 atom stereocenters. The summed E-state index contributed by atoms with van der Waals surface area (Å²) in [4.78, 5) is 13.3. The lowest BCUT2D eigenvalue weighted by molar-refractivity contribution is -0.148. The van der Waals surface area contributed by atoms with Crippen LogP contribution in [-0.2, 0) is 14.9 Å². The Bertz CT molecular complexity index is 796. The largest absolute Gasteiger partial charge is 0.493 e. The highest BCUT2D eigenvalue weighted by Crippen LogP contribution is 2.66. The van der Waals surface area contributed by atoms with Crippen LogP contribution in [0.3, 0.4) is 0 Å². The standard InChI is InChI=1S/C22H30O5/c1-11(2)12-10-13-14(17(26-6)16(12)25-5)22-9-7-8-21(3,4)19(22)18(15(13)23)27-20(22)24/h10-11,15,18-19,23H,7-9H2,1-6H3/t15-,18?,19-,22-/m0/s1. The fourth-order valence-corrected chi connectivity index (χ4v) is 6.07. The van der Waals surface area contributed by atoms with E-state index >= 15 is 0 Å². The third-order valence-corrected chi connectivity index (χ3v) is 7.10. The van der Waals surface area contributed by atoms with Crippen molar-refractivity contribution in [3.63, 3.8) is 0 Å². The Morgan fingerprint density at radius 2 is 1.85 bits per heavy atom. The van der Waals surface area contributed by atoms with Gasteiger partial charge in [0, 0.05) is 17.0 Å². The molecule has 1 heterocycles. The van der Waals surface area contributed by atoms with E-state index in [0.717, 1.165) is 36.0 Å². The summed E-state index contributed by atoms with van der Waals surface area (Å²) in [6.07, 6.45) is 1.32. The SMILES string of the molecule is COc1c(C(C)C)cc2c(c1OC)[C@@]13CCCC(C)(C)[C@@H]1C(OC3=O)[C@H]2O. The maximum atomic E-state index is 13.3. The van der Waals surface area contributed by atoms with Gasteiger partial charge in [0.1, 0.15) is 17.6 Å². The van der Waals surface area contributed by atoms with Gasteiger partial charge in [-0.2, -0.15) is 0 Å². The molecule has 1 saturated heterocycles. The lowest BCUT2D eigenvalue weighted by Gasteiger charge is -2.51. The molecule has 0 aromatic heterocycles. The molecule has 4 rings (SSSR count). The molecule has 0 radical (unpaired) electrons. The van der Waals surface area contributed by atoms with Crippen LogP contribution in [0.2, 0.25) is 0 Å². The van der Waals surface area contributed by atoms with Crippen LogP contribution in [0.15, 0.2) is 6.07 Å². The first-order valence-corrected chi connectivity index (χ1v) is 9.89. The number of benzene rings is 1. The van der Waals surface area contributed by atoms with Crippen molar-refractivity contribution in [3.8, 4) is 11.5 Å². The summed E-state index contributed by atoms with van der Waals surface area (Å²) in [5.74, 6) is 1.14. The quantitative estimate of drug-likeness (QED) is 0.814. The van der Waals surface area contributed by atoms with Crippen molar-refractivity contribution in [2.75, 3.05) is 14.2 Å². The molecular weight excluding hydrogens is 344 g/mol. The topological polar surface area (TPSA) is 65.0 Å². The van der Waals surface area contributed by atoms with Gasteiger partial charge < -0.3 is 19.3 Å². The third kappa shape index (κ3) is 2.18. The number of hydrogen-bond acceptors (Lipinski definition) is 5. The summed E-state index contributed by atoms with van der Waals surface area (Å²) < 4.78 is 17.4. The molecule has 0 spiro atoms. The van der Waals surface area contributed by atoms with Crippen LogP contribution in [0.5, 0.6) is 11.5 Å². The monoisotopic (exact) mass is 374 g/mol. The van der Waals surface area contributed by atoms with Crippen molar-refractivity contribution < 1.29 is 24.1 Å². The summed E-state index contributed by atoms with van der Waals surface area (Å²) in [6.45, 7) is 8.54. The summed E-state index contributed by atoms with van der Waals surface area (Å²) in [7, 11) is 3.24. The molecule has 1 unspecified atom stereocenters. The average Bonchev–Trinajstić information content (AvgIpc) is 2.89. The van der Waals surface area contributed by atoms with Crippen LogP contribution in [-0.4, -0.2) is 31.4 Å². The van der Waals surface area contributed by atoms with Gasteiger partial charge in [0.15, 0.2) is 11.5 Å². The first-order valence-electron chi connectivity index (χ1n) is 9.89. The number of carbonyl (C=O) groups excluding carboxylic acids is 1. The Morgan fingerprint density at radius 1 is 1.19 bits per heavy atom. The number of esters is 1. The average molecular weight is 374 g/mol. The lowest BCUT2D eigenvalue weighted by Crippen LogP contribution is -2.54. The smallest absolute Gasteiger partial charge is 0.317 e. The minimum atomic E-state index is -0.848. The Balaban J connectivity index is 2.10. The van der Waals surface area contributed by atoms with Gasteiger partial charge in [-0.25, -0.2) is 0 Å². The maximum absolute atomic E-state index is 13.3. The normalized spacial score (nSPS) is 33.3. The molecule has 1 N–H and O–H groups in total. The summed E-state index contributed by atoms with van der Waals surface area (Å²) >= 11 is 0. The highest BCUT2D eigenvalue weighted by atomic mass is 16.6. The van der Waals surface area contributed by atoms with Gasteiger partial charge in [-0.05, 0) is 35.8 Å². The molecule has 27 heavy (non-hydrogen) atoms. The van der Waals surface area contributed by atoms with E-state index in [9.17, 15) is 9.90 Å². The summed E-state index contributed by atoms with van der Waals surface area (Å²) in [6, 6.07) is 2.00. The van der Waals surface area contributed by atoms with Crippen LogP contribution < -0.4 is 9.47 Å². The van der Waals surface area contributed by atoms with Crippen LogP contribution in [0, 0.1) is 11.3 Å². The van der Waals surface area contributed by atoms with Crippen molar-refractivity contribution >= 4 is 5.97 Å². The molecule has 2 aliphatic carbocycles. The first-order chi connectivity index (χ1) is 12.7. The highest BCUT2D eigenvalue weighted by molar-refractivity contribution is 5.90. The minimum absolute atomic E-state index is 0.0720. The van der Waals surface area contributed by atoms with E-state index in [-0.39, 0.29) is 23.2 Å². The molecule has 1 aromatic carbocycles. The van der Waals surface area contributed by atoms with E-state index in [1.165, 1.54) is 0 Å². The molecule has 0 amide bonds. The van der Waals surface area contributed by atoms with E-state index in [1.54, 1.807) is 14.2 Å². The molecule has 2 fully saturated rings. The zero-order valence-corrected chi connectivity index (χ0v) is 17.1. The van der Waals surface area contributed by atoms with Gasteiger partial charge >= 0.3 is 5.97 Å². The molecule has 1 saturated carbocycles. The molecular formula is C22H30O5. The number of ether oxygens (including phenoxy) is 3. The van der Waals surface area contributed by atoms with E-state index in [0.29, 0.717) is 11.5 Å². The van der Waals surface area contributed by atoms with Crippen LogP contribution in [0.25, 0.3) is 0 Å². The zero-order valence-electron chi connectivity index (χ0n) is 17.1. The van der Waals surface area contributed by atoms with Crippen LogP contribution in [0.4, 0.5) is 0 Å². The van der Waals surface area contributed by atoms with E-state index in [1.807, 2.05) is 6.07 Å². The number of aliphatic hydroxyl groups is 1. The Morgan fingerprint density at radius 3 is 2.44 bits per heavy atom. The Labute approximate surface area is 161 Å². The second-order valence-corrected chi connectivity index (χ2v) is 9.26. The maximum Gasteiger partial charge on any atom is 0.317 e. The molecule has 1 aliphatic heterocycles. The summed E-state index contributed by atoms with van der Waals surface area (Å²) in [5, 5.41) is 11.2. The van der Waals surface area contributed by atoms with Gasteiger partial charge in [0.2, 0.25) is 0 Å². The fraction of sp³-hybridized carbons (Fsp3) is 0.682. The number of methoxy groups -OCH3 is 2. The predicted molar refractivity (Wildman–Crippen MR) is 101 cm³/mol. The lowest BCUT2D eigenvalue weighted by atomic mass is 9.49. The molecule has 1 aromatic rings. The zero-order chi connectivity index (χ0) is 19.7. The molecule has 5 heteroatoms. The number of carbonyl (C=O) groups is 1. The first kappa shape index (κ1) is 18.6. The van der Waals surface area contributed by atoms with E-state index < -0.39 is 17.6 Å². The van der Waals surface area contributed by atoms with Crippen LogP contribution in [0.1, 0.15) is 75.7 Å². The van der Waals surface area contributed by atoms with Crippen molar-refractivity contribution in [2.24, 2.45) is 11.3 Å². The van der Waals surface area contributed by atoms with E-state index in [4.69, 9.17) is 14.2 Å². The highest BCUT2D eigenvalue weighted by Gasteiger charge is 2.70. The molecule has 2 bridgehead atoms. The van der Waals surface area contributed by atoms with Crippen molar-refractivity contribution in [2.45, 2.75) is 70.5 Å². The second-order valence-electron chi connectivity index (χ2n) is 9.26. The number of fused-ring (bicyclic) bond motifs is 1. The van der Waals surface area contributed by atoms with Crippen LogP contribution >= 0.6 is 0 Å². The number of rotatable bonds is 3. The fourth-order valence-electron chi connectivity index (χ4n) is 6.07. The Kier molecular flexibility index (Phi) is 4.05. The van der Waals surface area contributed by atoms with Crippen molar-refractivity contribution in [1.82, 2.24) is 0 Å². The second kappa shape index (κ2) is 5.87. The summed E-state index contributed by atoms with van der Waals surface area (Å²) in [5.41, 5.74) is 1.65. The minimum Gasteiger partial charge on any atom is -0.493 e. The molecule has 148 valence electrons. The van der Waals surface area contributed by atoms with E-state index in [2.05, 4.69) is 27.7 Å². The molecule has 3 aliphatic rings. The number of aliphatic hydroxyl groups excluding tert-OH is 1. The predicted octanol–water partition coefficient (Wildman–Crippen LogP) is 3.86. The van der Waals surface area contributed by atoms with Crippen molar-refractivity contribution in [1.29, 1.82) is 0 Å². The Hall–Kier alpha value is -1.75. The van der Waals surface area contributed by atoms with Gasteiger partial charge in [-0.15, -0.1) is 0 Å². The van der Waals surface area contributed by atoms with Gasteiger partial charge in [0.25, 0.3) is 0 Å². The van der Waals surface area contributed by atoms with Gasteiger partial charge in [-0.1, -0.05) is 34.1 Å². The van der Waals surface area contributed by atoms with Crippen molar-refractivity contribution in [3.05, 3.63) is 22.8 Å². The van der Waals surface area contributed by atoms with Gasteiger partial charge in [-0.3, -0.25) is 4.79 Å². The number of hydrogen-bond donors (Lipinski definition) is 1. The third-order valence-electron chi connectivity index (χ3n) is 7.10. The molecule has 5 nitrogen and oxygen atoms in total.